The summed E-state index contributed by atoms with van der Waals surface area (Å²) in [6.45, 7) is 1.64. The molecule has 0 aliphatic carbocycles. The first-order valence-corrected chi connectivity index (χ1v) is 40.5. The Morgan fingerprint density at radius 3 is 1.06 bits per heavy atom. The van der Waals surface area contributed by atoms with Gasteiger partial charge in [-0.15, -0.1) is 0 Å². The molecule has 0 aromatic rings. The average molecular weight is 1450 g/mol. The van der Waals surface area contributed by atoms with Crippen LogP contribution >= 0.6 is 0 Å². The van der Waals surface area contributed by atoms with E-state index in [-0.39, 0.29) is 18.9 Å². The molecular weight excluding hydrogens is 1300 g/mol. The van der Waals surface area contributed by atoms with Crippen LogP contribution in [0.1, 0.15) is 290 Å². The molecule has 0 radical (unpaired) electrons. The highest BCUT2D eigenvalue weighted by Gasteiger charge is 2.54. The minimum atomic E-state index is -1.98. The summed E-state index contributed by atoms with van der Waals surface area (Å²) in [7, 11) is 0. The van der Waals surface area contributed by atoms with Crippen molar-refractivity contribution in [3.05, 3.63) is 97.2 Å². The fraction of sp³-hybridized carbons (Fsp3) is 0.795. The summed E-state index contributed by atoms with van der Waals surface area (Å²) in [5, 5.41) is 121. The number of aliphatic hydroxyl groups is 11. The molecule has 0 bridgehead atoms. The Morgan fingerprint density at radius 2 is 0.676 bits per heavy atom. The lowest BCUT2D eigenvalue weighted by atomic mass is 9.96. The van der Waals surface area contributed by atoms with E-state index in [4.69, 9.17) is 28.4 Å². The van der Waals surface area contributed by atoms with Crippen LogP contribution < -0.4 is 5.32 Å². The van der Waals surface area contributed by atoms with Crippen molar-refractivity contribution < 1.29 is 89.4 Å². The molecule has 0 aromatic heterocycles. The molecule has 17 unspecified atom stereocenters. The van der Waals surface area contributed by atoms with Gasteiger partial charge in [0, 0.05) is 6.42 Å². The number of ether oxygens (including phenoxy) is 6. The summed E-state index contributed by atoms with van der Waals surface area (Å²) < 4.78 is 34.5. The number of aliphatic hydroxyl groups excluding tert-OH is 11. The molecular formula is C83H145NO18. The van der Waals surface area contributed by atoms with Crippen LogP contribution in [0, 0.1) is 0 Å². The fourth-order valence-corrected chi connectivity index (χ4v) is 13.2. The maximum Gasteiger partial charge on any atom is 0.220 e. The third kappa shape index (κ3) is 42.3. The maximum atomic E-state index is 13.5. The van der Waals surface area contributed by atoms with E-state index in [0.717, 1.165) is 116 Å². The van der Waals surface area contributed by atoms with Gasteiger partial charge in [-0.3, -0.25) is 4.79 Å². The Bertz CT molecular complexity index is 2220. The van der Waals surface area contributed by atoms with E-state index in [1.165, 1.54) is 148 Å². The SMILES string of the molecule is CC/C=C\C/C=C\C/C=C\C/C=C\C/C=C\C/C=C\C/C=C\CCCCCCCCCC(=O)NC(COC1OC(CO)C(OC2OC(CO)C(OC3OC(CO)C(O)C(O)C3O)C(O)C2O)C(O)C1O)C(O)/C=C/CCCCCCCCCCCCCCCCCCCCCCCCCCCC. The smallest absolute Gasteiger partial charge is 0.220 e. The average Bonchev–Trinajstić information content (AvgIpc) is 0.766. The van der Waals surface area contributed by atoms with Crippen LogP contribution in [0.5, 0.6) is 0 Å². The number of nitrogens with one attached hydrogen (secondary N) is 1. The molecule has 0 aromatic carbocycles. The maximum absolute atomic E-state index is 13.5. The lowest BCUT2D eigenvalue weighted by molar-refractivity contribution is -0.379. The molecule has 590 valence electrons. The van der Waals surface area contributed by atoms with Crippen molar-refractivity contribution in [2.24, 2.45) is 0 Å². The molecule has 3 fully saturated rings. The highest BCUT2D eigenvalue weighted by Crippen LogP contribution is 2.33. The first kappa shape index (κ1) is 92.9. The van der Waals surface area contributed by atoms with Gasteiger partial charge in [0.15, 0.2) is 18.9 Å². The summed E-state index contributed by atoms with van der Waals surface area (Å²) >= 11 is 0. The van der Waals surface area contributed by atoms with Crippen molar-refractivity contribution in [1.82, 2.24) is 5.32 Å². The molecule has 0 saturated carbocycles. The van der Waals surface area contributed by atoms with Gasteiger partial charge in [-0.05, 0) is 77.0 Å². The summed E-state index contributed by atoms with van der Waals surface area (Å²) in [5.41, 5.74) is 0. The molecule has 1 amide bonds. The van der Waals surface area contributed by atoms with Crippen molar-refractivity contribution in [3.63, 3.8) is 0 Å². The van der Waals surface area contributed by atoms with Crippen LogP contribution in [0.25, 0.3) is 0 Å². The zero-order chi connectivity index (χ0) is 73.9. The Morgan fingerprint density at radius 1 is 0.363 bits per heavy atom. The van der Waals surface area contributed by atoms with Gasteiger partial charge in [0.05, 0.1) is 38.6 Å². The number of hydrogen-bond acceptors (Lipinski definition) is 18. The first-order chi connectivity index (χ1) is 49.8. The van der Waals surface area contributed by atoms with Crippen LogP contribution in [0.15, 0.2) is 97.2 Å². The quantitative estimate of drug-likeness (QED) is 0.0199. The van der Waals surface area contributed by atoms with Crippen LogP contribution in [-0.2, 0) is 33.2 Å². The summed E-state index contributed by atoms with van der Waals surface area (Å²) in [6.07, 6.45) is 58.1. The largest absolute Gasteiger partial charge is 0.394 e. The van der Waals surface area contributed by atoms with E-state index in [2.05, 4.69) is 104 Å². The normalized spacial score (nSPS) is 26.7. The minimum Gasteiger partial charge on any atom is -0.394 e. The van der Waals surface area contributed by atoms with Gasteiger partial charge in [-0.25, -0.2) is 0 Å². The van der Waals surface area contributed by atoms with E-state index in [1.807, 2.05) is 6.08 Å². The topological polar surface area (TPSA) is 307 Å². The Labute approximate surface area is 615 Å². The third-order valence-electron chi connectivity index (χ3n) is 19.6. The van der Waals surface area contributed by atoms with E-state index < -0.39 is 124 Å². The third-order valence-corrected chi connectivity index (χ3v) is 19.6. The van der Waals surface area contributed by atoms with E-state index in [1.54, 1.807) is 6.08 Å². The second-order valence-corrected chi connectivity index (χ2v) is 28.5. The number of rotatable bonds is 63. The molecule has 3 heterocycles. The molecule has 19 heteroatoms. The standard InChI is InChI=1S/C83H145NO18/c1-3-5-7-9-11-13-15-17-19-21-23-25-27-29-31-33-35-37-39-41-43-45-47-49-51-53-55-57-59-61-71(89)84-66(67(88)60-58-56-54-52-50-48-46-44-42-40-38-36-34-32-30-28-26-24-22-20-18-16-14-12-10-8-6-4-2)65-97-81-77(95)74(92)79(69(63-86)99-81)102-83-78(96)75(93)80(70(64-87)100-83)101-82-76(94)73(91)72(90)68(62-85)98-82/h5,7,11,13,17,19,23,25,29,31,35,37,41,43,58,60,66-70,72-83,85-88,90-96H,3-4,6,8-10,12,14-16,18,20-22,24,26-28,30,32-34,36,38-40,42,44-57,59,61-65H2,1-2H3,(H,84,89)/b7-5-,13-11-,19-17-,25-23-,31-29-,37-35-,43-41-,60-58+. The second kappa shape index (κ2) is 62.7. The van der Waals surface area contributed by atoms with Gasteiger partial charge in [0.2, 0.25) is 5.91 Å². The molecule has 3 saturated heterocycles. The van der Waals surface area contributed by atoms with Crippen molar-refractivity contribution in [2.75, 3.05) is 26.4 Å². The van der Waals surface area contributed by atoms with E-state index in [9.17, 15) is 61.0 Å². The van der Waals surface area contributed by atoms with Crippen molar-refractivity contribution in [3.8, 4) is 0 Å². The molecule has 12 N–H and O–H groups in total. The number of unbranched alkanes of at least 4 members (excludes halogenated alkanes) is 33. The highest BCUT2D eigenvalue weighted by atomic mass is 16.8. The van der Waals surface area contributed by atoms with Gasteiger partial charge < -0.3 is 89.9 Å². The van der Waals surface area contributed by atoms with Gasteiger partial charge in [0.1, 0.15) is 73.2 Å². The summed E-state index contributed by atoms with van der Waals surface area (Å²) in [6, 6.07) is -0.988. The molecule has 19 nitrogen and oxygen atoms in total. The number of carbonyl (C=O) groups excluding carboxylic acids is 1. The van der Waals surface area contributed by atoms with Crippen LogP contribution in [0.3, 0.4) is 0 Å². The molecule has 0 spiro atoms. The summed E-state index contributed by atoms with van der Waals surface area (Å²) in [5.74, 6) is -0.288. The van der Waals surface area contributed by atoms with Gasteiger partial charge in [-0.2, -0.15) is 0 Å². The lowest BCUT2D eigenvalue weighted by Crippen LogP contribution is -2.66. The van der Waals surface area contributed by atoms with Crippen LogP contribution in [-0.4, -0.2) is 193 Å². The molecule has 102 heavy (non-hydrogen) atoms. The van der Waals surface area contributed by atoms with Gasteiger partial charge in [0.25, 0.3) is 0 Å². The zero-order valence-corrected chi connectivity index (χ0v) is 63.1. The summed E-state index contributed by atoms with van der Waals surface area (Å²) in [4.78, 5) is 13.5. The van der Waals surface area contributed by atoms with Gasteiger partial charge >= 0.3 is 0 Å². The number of hydrogen-bond donors (Lipinski definition) is 12. The van der Waals surface area contributed by atoms with Crippen LogP contribution in [0.2, 0.25) is 0 Å². The Balaban J connectivity index is 1.39. The number of allylic oxidation sites excluding steroid dienone is 15. The van der Waals surface area contributed by atoms with Crippen molar-refractivity contribution in [1.29, 1.82) is 0 Å². The van der Waals surface area contributed by atoms with E-state index >= 15 is 0 Å². The molecule has 3 aliphatic rings. The molecule has 17 atom stereocenters. The predicted octanol–water partition coefficient (Wildman–Crippen LogP) is 13.6. The van der Waals surface area contributed by atoms with Crippen molar-refractivity contribution >= 4 is 5.91 Å². The minimum absolute atomic E-state index is 0.225. The zero-order valence-electron chi connectivity index (χ0n) is 63.1. The molecule has 3 aliphatic heterocycles. The monoisotopic (exact) mass is 1440 g/mol. The highest BCUT2D eigenvalue weighted by molar-refractivity contribution is 5.76. The van der Waals surface area contributed by atoms with E-state index in [0.29, 0.717) is 6.42 Å². The fourth-order valence-electron chi connectivity index (χ4n) is 13.2. The Hall–Kier alpha value is -3.29. The van der Waals surface area contributed by atoms with Crippen LogP contribution in [0.4, 0.5) is 0 Å². The second-order valence-electron chi connectivity index (χ2n) is 28.5. The number of amides is 1. The lowest BCUT2D eigenvalue weighted by Gasteiger charge is -2.48. The molecule has 3 rings (SSSR count). The Kier molecular flexibility index (Phi) is 57.1. The van der Waals surface area contributed by atoms with Gasteiger partial charge in [-0.1, -0.05) is 304 Å². The van der Waals surface area contributed by atoms with Crippen molar-refractivity contribution in [2.45, 2.75) is 394 Å². The first-order valence-electron chi connectivity index (χ1n) is 40.5. The number of carbonyl (C=O) groups is 1. The predicted molar refractivity (Wildman–Crippen MR) is 406 cm³/mol.